The Labute approximate surface area is 189 Å². The molecule has 0 bridgehead atoms. The van der Waals surface area contributed by atoms with Crippen molar-refractivity contribution >= 4 is 44.2 Å². The van der Waals surface area contributed by atoms with Crippen LogP contribution < -0.4 is 14.4 Å². The minimum Gasteiger partial charge on any atom is -0.497 e. The van der Waals surface area contributed by atoms with E-state index in [-0.39, 0.29) is 19.1 Å². The molecule has 0 radical (unpaired) electrons. The van der Waals surface area contributed by atoms with Gasteiger partial charge in [-0.25, -0.2) is 4.98 Å². The van der Waals surface area contributed by atoms with Gasteiger partial charge in [0.1, 0.15) is 11.5 Å². The standard InChI is InChI=1S/C23H20ClN3O3S/c1-15-10-16(24)11-20-22(15)26-23(31-20)27(13-17-6-3-4-9-25-17)21(28)14-30-19-8-5-7-18(12-19)29-2/h3-12H,13-14H2,1-2H3. The number of halogens is 1. The summed E-state index contributed by atoms with van der Waals surface area (Å²) in [4.78, 5) is 23.9. The molecule has 158 valence electrons. The molecule has 4 rings (SSSR count). The summed E-state index contributed by atoms with van der Waals surface area (Å²) >= 11 is 7.62. The zero-order chi connectivity index (χ0) is 21.8. The van der Waals surface area contributed by atoms with Crippen LogP contribution in [0.4, 0.5) is 5.13 Å². The highest BCUT2D eigenvalue weighted by atomic mass is 35.5. The topological polar surface area (TPSA) is 64.6 Å². The summed E-state index contributed by atoms with van der Waals surface area (Å²) in [6, 6.07) is 16.5. The van der Waals surface area contributed by atoms with Crippen LogP contribution in [-0.2, 0) is 11.3 Å². The lowest BCUT2D eigenvalue weighted by atomic mass is 10.2. The van der Waals surface area contributed by atoms with Crippen LogP contribution in [0.5, 0.6) is 11.5 Å². The van der Waals surface area contributed by atoms with Gasteiger partial charge in [0.2, 0.25) is 0 Å². The van der Waals surface area contributed by atoms with Crippen molar-refractivity contribution in [1.82, 2.24) is 9.97 Å². The van der Waals surface area contributed by atoms with Crippen molar-refractivity contribution in [3.63, 3.8) is 0 Å². The Morgan fingerprint density at radius 1 is 1.13 bits per heavy atom. The average molecular weight is 454 g/mol. The van der Waals surface area contributed by atoms with Gasteiger partial charge in [-0.2, -0.15) is 0 Å². The number of aryl methyl sites for hydroxylation is 1. The number of nitrogens with zero attached hydrogens (tertiary/aromatic N) is 3. The molecular weight excluding hydrogens is 434 g/mol. The molecule has 2 aromatic carbocycles. The number of anilines is 1. The van der Waals surface area contributed by atoms with E-state index in [0.717, 1.165) is 21.5 Å². The zero-order valence-corrected chi connectivity index (χ0v) is 18.6. The van der Waals surface area contributed by atoms with E-state index >= 15 is 0 Å². The van der Waals surface area contributed by atoms with E-state index in [0.29, 0.717) is 21.7 Å². The minimum absolute atomic E-state index is 0.143. The molecule has 0 fully saturated rings. The highest BCUT2D eigenvalue weighted by Crippen LogP contribution is 2.33. The molecule has 2 heterocycles. The lowest BCUT2D eigenvalue weighted by Crippen LogP contribution is -2.34. The van der Waals surface area contributed by atoms with Gasteiger partial charge in [-0.15, -0.1) is 0 Å². The molecule has 2 aromatic heterocycles. The fourth-order valence-corrected chi connectivity index (χ4v) is 4.53. The number of pyridine rings is 1. The van der Waals surface area contributed by atoms with Crippen LogP contribution in [0.2, 0.25) is 5.02 Å². The third-order valence-corrected chi connectivity index (χ3v) is 5.86. The summed E-state index contributed by atoms with van der Waals surface area (Å²) in [7, 11) is 1.58. The Balaban J connectivity index is 1.62. The maximum absolute atomic E-state index is 13.2. The molecule has 0 aliphatic rings. The first-order valence-electron chi connectivity index (χ1n) is 9.57. The normalized spacial score (nSPS) is 10.8. The van der Waals surface area contributed by atoms with Gasteiger partial charge >= 0.3 is 0 Å². The molecule has 0 saturated carbocycles. The second kappa shape index (κ2) is 9.32. The van der Waals surface area contributed by atoms with E-state index in [1.54, 1.807) is 30.3 Å². The Kier molecular flexibility index (Phi) is 6.34. The maximum atomic E-state index is 13.2. The van der Waals surface area contributed by atoms with E-state index < -0.39 is 0 Å². The van der Waals surface area contributed by atoms with Crippen LogP contribution in [0.15, 0.2) is 60.8 Å². The fourth-order valence-electron chi connectivity index (χ4n) is 3.09. The van der Waals surface area contributed by atoms with Crippen LogP contribution in [0.3, 0.4) is 0 Å². The van der Waals surface area contributed by atoms with Crippen LogP contribution in [0.1, 0.15) is 11.3 Å². The van der Waals surface area contributed by atoms with Crippen molar-refractivity contribution in [2.75, 3.05) is 18.6 Å². The van der Waals surface area contributed by atoms with Gasteiger partial charge in [0.05, 0.1) is 29.6 Å². The van der Waals surface area contributed by atoms with Crippen LogP contribution in [0.25, 0.3) is 10.2 Å². The van der Waals surface area contributed by atoms with Gasteiger partial charge in [-0.1, -0.05) is 35.1 Å². The summed E-state index contributed by atoms with van der Waals surface area (Å²) in [6.07, 6.45) is 1.70. The Hall–Kier alpha value is -3.16. The average Bonchev–Trinajstić information content (AvgIpc) is 3.20. The smallest absolute Gasteiger partial charge is 0.267 e. The number of ether oxygens (including phenoxy) is 2. The van der Waals surface area contributed by atoms with Gasteiger partial charge in [-0.3, -0.25) is 14.7 Å². The second-order valence-electron chi connectivity index (χ2n) is 6.83. The van der Waals surface area contributed by atoms with Gasteiger partial charge < -0.3 is 9.47 Å². The number of aromatic nitrogens is 2. The number of hydrogen-bond donors (Lipinski definition) is 0. The third kappa shape index (κ3) is 4.95. The predicted octanol–water partition coefficient (Wildman–Crippen LogP) is 5.27. The molecule has 0 atom stereocenters. The Morgan fingerprint density at radius 3 is 2.74 bits per heavy atom. The molecule has 0 saturated heterocycles. The summed E-state index contributed by atoms with van der Waals surface area (Å²) in [6.45, 7) is 2.10. The summed E-state index contributed by atoms with van der Waals surface area (Å²) in [5.41, 5.74) is 2.55. The van der Waals surface area contributed by atoms with E-state index in [1.165, 1.54) is 11.3 Å². The number of rotatable bonds is 7. The molecule has 1 amide bonds. The molecule has 0 N–H and O–H groups in total. The van der Waals surface area contributed by atoms with Crippen molar-refractivity contribution in [2.24, 2.45) is 0 Å². The molecule has 6 nitrogen and oxygen atoms in total. The molecular formula is C23H20ClN3O3S. The number of amides is 1. The first kappa shape index (κ1) is 21.1. The second-order valence-corrected chi connectivity index (χ2v) is 8.28. The third-order valence-electron chi connectivity index (χ3n) is 4.62. The largest absolute Gasteiger partial charge is 0.497 e. The molecule has 4 aromatic rings. The van der Waals surface area contributed by atoms with Gasteiger partial charge in [0.25, 0.3) is 5.91 Å². The number of methoxy groups -OCH3 is 1. The number of carbonyl (C=O) groups excluding carboxylic acids is 1. The molecule has 8 heteroatoms. The number of carbonyl (C=O) groups is 1. The molecule has 0 unspecified atom stereocenters. The summed E-state index contributed by atoms with van der Waals surface area (Å²) in [5.74, 6) is 0.988. The number of hydrogen-bond acceptors (Lipinski definition) is 6. The first-order chi connectivity index (χ1) is 15.0. The van der Waals surface area contributed by atoms with Crippen LogP contribution >= 0.6 is 22.9 Å². The number of thiazole rings is 1. The summed E-state index contributed by atoms with van der Waals surface area (Å²) < 4.78 is 11.9. The first-order valence-corrected chi connectivity index (χ1v) is 10.8. The van der Waals surface area contributed by atoms with Crippen LogP contribution in [-0.4, -0.2) is 29.6 Å². The van der Waals surface area contributed by atoms with Gasteiger partial charge in [0.15, 0.2) is 11.7 Å². The van der Waals surface area contributed by atoms with Crippen molar-refractivity contribution in [1.29, 1.82) is 0 Å². The Bertz CT molecular complexity index is 1210. The van der Waals surface area contributed by atoms with Crippen molar-refractivity contribution in [2.45, 2.75) is 13.5 Å². The molecule has 31 heavy (non-hydrogen) atoms. The molecule has 0 aliphatic heterocycles. The fraction of sp³-hybridized carbons (Fsp3) is 0.174. The van der Waals surface area contributed by atoms with Crippen molar-refractivity contribution in [3.8, 4) is 11.5 Å². The van der Waals surface area contributed by atoms with Crippen LogP contribution in [0, 0.1) is 6.92 Å². The lowest BCUT2D eigenvalue weighted by Gasteiger charge is -2.19. The van der Waals surface area contributed by atoms with E-state index in [1.807, 2.05) is 49.4 Å². The Morgan fingerprint density at radius 2 is 1.97 bits per heavy atom. The maximum Gasteiger partial charge on any atom is 0.267 e. The van der Waals surface area contributed by atoms with E-state index in [2.05, 4.69) is 4.98 Å². The highest BCUT2D eigenvalue weighted by molar-refractivity contribution is 7.22. The minimum atomic E-state index is -0.226. The van der Waals surface area contributed by atoms with Crippen molar-refractivity contribution in [3.05, 3.63) is 77.1 Å². The lowest BCUT2D eigenvalue weighted by molar-refractivity contribution is -0.120. The van der Waals surface area contributed by atoms with Gasteiger partial charge in [-0.05, 0) is 48.9 Å². The van der Waals surface area contributed by atoms with E-state index in [4.69, 9.17) is 26.1 Å². The quantitative estimate of drug-likeness (QED) is 0.381. The number of fused-ring (bicyclic) bond motifs is 1. The number of benzene rings is 2. The molecule has 0 spiro atoms. The van der Waals surface area contributed by atoms with Crippen molar-refractivity contribution < 1.29 is 14.3 Å². The monoisotopic (exact) mass is 453 g/mol. The van der Waals surface area contributed by atoms with E-state index in [9.17, 15) is 4.79 Å². The molecule has 0 aliphatic carbocycles. The highest BCUT2D eigenvalue weighted by Gasteiger charge is 2.22. The van der Waals surface area contributed by atoms with Gasteiger partial charge in [0, 0.05) is 17.3 Å². The zero-order valence-electron chi connectivity index (χ0n) is 17.0. The summed E-state index contributed by atoms with van der Waals surface area (Å²) in [5, 5.41) is 1.22. The SMILES string of the molecule is COc1cccc(OCC(=O)N(Cc2ccccn2)c2nc3c(C)cc(Cl)cc3s2)c1. The predicted molar refractivity (Wildman–Crippen MR) is 123 cm³/mol.